The van der Waals surface area contributed by atoms with Crippen LogP contribution in [0.1, 0.15) is 11.6 Å². The number of thiazole rings is 1. The van der Waals surface area contributed by atoms with Crippen molar-refractivity contribution in [2.45, 2.75) is 13.5 Å². The highest BCUT2D eigenvalue weighted by Crippen LogP contribution is 2.28. The van der Waals surface area contributed by atoms with Gasteiger partial charge in [0.05, 0.1) is 16.9 Å². The van der Waals surface area contributed by atoms with Gasteiger partial charge in [-0.25, -0.2) is 19.6 Å². The molecule has 0 unspecified atom stereocenters. The fraction of sp³-hybridized carbons (Fsp3) is 0.231. The summed E-state index contributed by atoms with van der Waals surface area (Å²) in [5.74, 6) is 1.25. The summed E-state index contributed by atoms with van der Waals surface area (Å²) in [5.41, 5.74) is 1.83. The van der Waals surface area contributed by atoms with Gasteiger partial charge in [0.15, 0.2) is 10.8 Å². The van der Waals surface area contributed by atoms with Gasteiger partial charge in [0, 0.05) is 19.4 Å². The average molecular weight is 328 g/mol. The molecule has 0 fully saturated rings. The maximum atomic E-state index is 5.20. The number of hydrogen-bond donors (Lipinski definition) is 1. The van der Waals surface area contributed by atoms with Crippen LogP contribution < -0.4 is 5.32 Å². The van der Waals surface area contributed by atoms with Crippen LogP contribution in [0.5, 0.6) is 0 Å². The predicted octanol–water partition coefficient (Wildman–Crippen LogP) is 1.79. The fourth-order valence-corrected chi connectivity index (χ4v) is 3.07. The van der Waals surface area contributed by atoms with Gasteiger partial charge in [0.25, 0.3) is 0 Å². The van der Waals surface area contributed by atoms with Crippen molar-refractivity contribution < 1.29 is 4.52 Å². The topological polar surface area (TPSA) is 107 Å². The second kappa shape index (κ2) is 5.39. The minimum Gasteiger partial charge on any atom is -0.352 e. The first-order valence-corrected chi connectivity index (χ1v) is 7.66. The molecule has 10 heteroatoms. The predicted molar refractivity (Wildman–Crippen MR) is 83.8 cm³/mol. The van der Waals surface area contributed by atoms with E-state index in [1.807, 2.05) is 14.0 Å². The molecule has 4 heterocycles. The van der Waals surface area contributed by atoms with E-state index >= 15 is 0 Å². The van der Waals surface area contributed by atoms with Gasteiger partial charge in [-0.1, -0.05) is 16.5 Å². The van der Waals surface area contributed by atoms with E-state index in [9.17, 15) is 0 Å². The monoisotopic (exact) mass is 328 g/mol. The van der Waals surface area contributed by atoms with Crippen molar-refractivity contribution >= 4 is 26.8 Å². The minimum absolute atomic E-state index is 0.367. The van der Waals surface area contributed by atoms with Crippen molar-refractivity contribution in [2.75, 3.05) is 5.32 Å². The van der Waals surface area contributed by atoms with E-state index in [1.54, 1.807) is 34.5 Å². The summed E-state index contributed by atoms with van der Waals surface area (Å²) in [7, 11) is 1.88. The van der Waals surface area contributed by atoms with Crippen LogP contribution in [0.4, 0.5) is 5.13 Å². The van der Waals surface area contributed by atoms with E-state index in [0.29, 0.717) is 24.1 Å². The molecule has 116 valence electrons. The van der Waals surface area contributed by atoms with E-state index < -0.39 is 0 Å². The zero-order valence-electron chi connectivity index (χ0n) is 12.4. The van der Waals surface area contributed by atoms with Crippen LogP contribution in [0.2, 0.25) is 0 Å². The maximum absolute atomic E-state index is 5.20. The third kappa shape index (κ3) is 2.52. The molecule has 23 heavy (non-hydrogen) atoms. The van der Waals surface area contributed by atoms with Crippen LogP contribution in [0, 0.1) is 6.92 Å². The molecule has 9 nitrogen and oxygen atoms in total. The first kappa shape index (κ1) is 13.8. The SMILES string of the molecule is Cc1nn(C)c2nc(NCc3nc(-c4ncccn4)no3)sc12. The highest BCUT2D eigenvalue weighted by atomic mass is 32.1. The Balaban J connectivity index is 1.50. The van der Waals surface area contributed by atoms with Crippen LogP contribution in [0.25, 0.3) is 22.0 Å². The Morgan fingerprint density at radius 1 is 1.22 bits per heavy atom. The molecule has 4 aromatic heterocycles. The van der Waals surface area contributed by atoms with Crippen molar-refractivity contribution in [2.24, 2.45) is 7.05 Å². The van der Waals surface area contributed by atoms with Crippen LogP contribution in [0.3, 0.4) is 0 Å². The molecule has 0 saturated carbocycles. The lowest BCUT2D eigenvalue weighted by Gasteiger charge is -1.96. The molecule has 0 aliphatic rings. The van der Waals surface area contributed by atoms with Crippen LogP contribution in [-0.2, 0) is 13.6 Å². The molecule has 0 saturated heterocycles. The smallest absolute Gasteiger partial charge is 0.246 e. The Morgan fingerprint density at radius 3 is 2.83 bits per heavy atom. The van der Waals surface area contributed by atoms with Gasteiger partial charge in [-0.15, -0.1) is 0 Å². The van der Waals surface area contributed by atoms with Crippen LogP contribution in [0.15, 0.2) is 23.0 Å². The van der Waals surface area contributed by atoms with Crippen molar-refractivity contribution in [3.8, 4) is 11.6 Å². The van der Waals surface area contributed by atoms with Gasteiger partial charge in [-0.05, 0) is 13.0 Å². The number of fused-ring (bicyclic) bond motifs is 1. The molecule has 4 aromatic rings. The van der Waals surface area contributed by atoms with E-state index in [2.05, 4.69) is 35.5 Å². The molecule has 1 N–H and O–H groups in total. The van der Waals surface area contributed by atoms with Gasteiger partial charge in [-0.2, -0.15) is 10.1 Å². The number of nitrogens with zero attached hydrogens (tertiary/aromatic N) is 7. The third-order valence-corrected chi connectivity index (χ3v) is 4.28. The Labute approximate surface area is 134 Å². The van der Waals surface area contributed by atoms with Crippen LogP contribution in [-0.4, -0.2) is 34.9 Å². The van der Waals surface area contributed by atoms with Gasteiger partial charge in [0.2, 0.25) is 17.5 Å². The van der Waals surface area contributed by atoms with E-state index in [1.165, 1.54) is 0 Å². The molecule has 4 rings (SSSR count). The highest BCUT2D eigenvalue weighted by molar-refractivity contribution is 7.22. The van der Waals surface area contributed by atoms with Crippen molar-refractivity contribution in [1.82, 2.24) is 34.9 Å². The standard InChI is InChI=1S/C13H12N8OS/c1-7-9-12(21(2)19-7)18-13(23-9)16-6-8-17-11(20-22-8)10-14-4-3-5-15-10/h3-5H,6H2,1-2H3,(H,16,18). The average Bonchev–Trinajstić information content (AvgIpc) is 3.25. The lowest BCUT2D eigenvalue weighted by atomic mass is 10.5. The molecule has 0 radical (unpaired) electrons. The van der Waals surface area contributed by atoms with Crippen molar-refractivity contribution in [3.63, 3.8) is 0 Å². The summed E-state index contributed by atoms with van der Waals surface area (Å²) in [6.45, 7) is 2.35. The summed E-state index contributed by atoms with van der Waals surface area (Å²) in [5, 5.41) is 12.2. The zero-order chi connectivity index (χ0) is 15.8. The number of rotatable bonds is 4. The van der Waals surface area contributed by atoms with Crippen molar-refractivity contribution in [1.29, 1.82) is 0 Å². The largest absolute Gasteiger partial charge is 0.352 e. The summed E-state index contributed by atoms with van der Waals surface area (Å²) in [6, 6.07) is 1.73. The second-order valence-corrected chi connectivity index (χ2v) is 5.82. The first-order valence-electron chi connectivity index (χ1n) is 6.84. The second-order valence-electron chi connectivity index (χ2n) is 4.82. The fourth-order valence-electron chi connectivity index (χ4n) is 2.14. The Kier molecular flexibility index (Phi) is 3.23. The molecule has 0 spiro atoms. The van der Waals surface area contributed by atoms with E-state index in [4.69, 9.17) is 4.52 Å². The van der Waals surface area contributed by atoms with Crippen LogP contribution >= 0.6 is 11.3 Å². The Hall–Kier alpha value is -2.88. The number of aryl methyl sites for hydroxylation is 2. The highest BCUT2D eigenvalue weighted by Gasteiger charge is 2.14. The number of hydrogen-bond acceptors (Lipinski definition) is 9. The molecule has 0 atom stereocenters. The zero-order valence-corrected chi connectivity index (χ0v) is 13.2. The number of aromatic nitrogens is 7. The quantitative estimate of drug-likeness (QED) is 0.604. The number of nitrogens with one attached hydrogen (secondary N) is 1. The maximum Gasteiger partial charge on any atom is 0.246 e. The summed E-state index contributed by atoms with van der Waals surface area (Å²) >= 11 is 1.55. The Morgan fingerprint density at radius 2 is 2.04 bits per heavy atom. The van der Waals surface area contributed by atoms with Crippen molar-refractivity contribution in [3.05, 3.63) is 30.0 Å². The lowest BCUT2D eigenvalue weighted by molar-refractivity contribution is 0.383. The summed E-state index contributed by atoms with van der Waals surface area (Å²) in [4.78, 5) is 16.9. The van der Waals surface area contributed by atoms with E-state index in [-0.39, 0.29) is 0 Å². The van der Waals surface area contributed by atoms with Gasteiger partial charge >= 0.3 is 0 Å². The lowest BCUT2D eigenvalue weighted by Crippen LogP contribution is -2.00. The molecule has 0 bridgehead atoms. The molecule has 0 aliphatic carbocycles. The van der Waals surface area contributed by atoms with Gasteiger partial charge in [0.1, 0.15) is 0 Å². The van der Waals surface area contributed by atoms with E-state index in [0.717, 1.165) is 21.2 Å². The van der Waals surface area contributed by atoms with Gasteiger partial charge in [-0.3, -0.25) is 0 Å². The number of anilines is 1. The third-order valence-electron chi connectivity index (χ3n) is 3.17. The normalized spacial score (nSPS) is 11.2. The molecule has 0 aromatic carbocycles. The molecular formula is C13H12N8OS. The Bertz CT molecular complexity index is 923. The van der Waals surface area contributed by atoms with Gasteiger partial charge < -0.3 is 9.84 Å². The molecular weight excluding hydrogens is 316 g/mol. The molecule has 0 aliphatic heterocycles. The summed E-state index contributed by atoms with van der Waals surface area (Å²) < 4.78 is 8.04. The molecule has 0 amide bonds. The minimum atomic E-state index is 0.367. The summed E-state index contributed by atoms with van der Waals surface area (Å²) in [6.07, 6.45) is 3.27. The first-order chi connectivity index (χ1) is 11.2.